The fourth-order valence-corrected chi connectivity index (χ4v) is 2.74. The third kappa shape index (κ3) is 4.75. The lowest BCUT2D eigenvalue weighted by molar-refractivity contribution is 0.0834. The first-order chi connectivity index (χ1) is 9.40. The van der Waals surface area contributed by atoms with Crippen molar-refractivity contribution in [1.82, 2.24) is 4.72 Å². The van der Waals surface area contributed by atoms with Crippen molar-refractivity contribution in [3.63, 3.8) is 0 Å². The molecule has 0 fully saturated rings. The number of hydrogen-bond acceptors (Lipinski definition) is 5. The van der Waals surface area contributed by atoms with E-state index in [0.29, 0.717) is 12.2 Å². The summed E-state index contributed by atoms with van der Waals surface area (Å²) in [5, 5.41) is 9.04. The van der Waals surface area contributed by atoms with Crippen LogP contribution in [0.25, 0.3) is 0 Å². The third-order valence-corrected chi connectivity index (χ3v) is 4.05. The maximum atomic E-state index is 12.1. The highest BCUT2D eigenvalue weighted by atomic mass is 32.2. The van der Waals surface area contributed by atoms with Crippen molar-refractivity contribution in [3.8, 4) is 5.75 Å². The van der Waals surface area contributed by atoms with Gasteiger partial charge in [-0.15, -0.1) is 0 Å². The summed E-state index contributed by atoms with van der Waals surface area (Å²) in [5.74, 6) is 0.203. The van der Waals surface area contributed by atoms with E-state index >= 15 is 0 Å². The number of methoxy groups -OCH3 is 1. The zero-order valence-corrected chi connectivity index (χ0v) is 12.7. The molecule has 0 spiro atoms. The molecule has 1 rings (SSSR count). The summed E-state index contributed by atoms with van der Waals surface area (Å²) >= 11 is 0. The molecule has 2 N–H and O–H groups in total. The van der Waals surface area contributed by atoms with Gasteiger partial charge < -0.3 is 14.6 Å². The van der Waals surface area contributed by atoms with Crippen LogP contribution in [-0.2, 0) is 21.4 Å². The Morgan fingerprint density at radius 3 is 2.60 bits per heavy atom. The van der Waals surface area contributed by atoms with Gasteiger partial charge in [0.15, 0.2) is 0 Å². The van der Waals surface area contributed by atoms with Gasteiger partial charge in [-0.25, -0.2) is 13.1 Å². The molecule has 7 heteroatoms. The fourth-order valence-electron chi connectivity index (χ4n) is 1.58. The van der Waals surface area contributed by atoms with Crippen LogP contribution in [0, 0.1) is 0 Å². The van der Waals surface area contributed by atoms with Crippen molar-refractivity contribution < 1.29 is 23.0 Å². The van der Waals surface area contributed by atoms with Crippen LogP contribution in [-0.4, -0.2) is 39.9 Å². The summed E-state index contributed by atoms with van der Waals surface area (Å²) in [4.78, 5) is 0.0433. The molecule has 0 heterocycles. The molecular weight excluding hydrogens is 282 g/mol. The molecule has 0 atom stereocenters. The van der Waals surface area contributed by atoms with Crippen LogP contribution in [0.4, 0.5) is 0 Å². The summed E-state index contributed by atoms with van der Waals surface area (Å²) in [5.41, 5.74) is 0.587. The molecule has 0 aliphatic carbocycles. The van der Waals surface area contributed by atoms with Gasteiger partial charge >= 0.3 is 0 Å². The van der Waals surface area contributed by atoms with Crippen LogP contribution in [0.5, 0.6) is 5.75 Å². The Balaban J connectivity index is 2.81. The molecule has 0 aliphatic heterocycles. The quantitative estimate of drug-likeness (QED) is 0.697. The van der Waals surface area contributed by atoms with Crippen molar-refractivity contribution in [3.05, 3.63) is 23.8 Å². The second-order valence-corrected chi connectivity index (χ2v) is 6.20. The molecule has 1 aromatic rings. The highest BCUT2D eigenvalue weighted by Crippen LogP contribution is 2.24. The van der Waals surface area contributed by atoms with Gasteiger partial charge in [0.1, 0.15) is 10.6 Å². The smallest absolute Gasteiger partial charge is 0.244 e. The Hall–Kier alpha value is -1.15. The highest BCUT2D eigenvalue weighted by Gasteiger charge is 2.19. The molecular formula is C13H21NO5S. The molecule has 0 amide bonds. The number of ether oxygens (including phenoxy) is 2. The van der Waals surface area contributed by atoms with E-state index in [0.717, 1.165) is 0 Å². The van der Waals surface area contributed by atoms with Gasteiger partial charge in [0.2, 0.25) is 10.0 Å². The first-order valence-electron chi connectivity index (χ1n) is 6.29. The second kappa shape index (κ2) is 7.58. The van der Waals surface area contributed by atoms with Crippen LogP contribution in [0.15, 0.2) is 23.1 Å². The summed E-state index contributed by atoms with van der Waals surface area (Å²) in [6, 6.07) is 4.46. The van der Waals surface area contributed by atoms with Gasteiger partial charge in [-0.2, -0.15) is 0 Å². The van der Waals surface area contributed by atoms with Crippen molar-refractivity contribution >= 4 is 10.0 Å². The Kier molecular flexibility index (Phi) is 6.41. The van der Waals surface area contributed by atoms with E-state index in [2.05, 4.69) is 4.72 Å². The second-order valence-electron chi connectivity index (χ2n) is 4.46. The van der Waals surface area contributed by atoms with Gasteiger partial charge in [-0.3, -0.25) is 0 Å². The summed E-state index contributed by atoms with van der Waals surface area (Å²) in [6.07, 6.45) is 0.0536. The van der Waals surface area contributed by atoms with E-state index in [-0.39, 0.29) is 29.9 Å². The van der Waals surface area contributed by atoms with Gasteiger partial charge in [0, 0.05) is 6.54 Å². The minimum Gasteiger partial charge on any atom is -0.495 e. The van der Waals surface area contributed by atoms with Crippen LogP contribution in [0.1, 0.15) is 19.4 Å². The van der Waals surface area contributed by atoms with E-state index in [1.165, 1.54) is 19.2 Å². The van der Waals surface area contributed by atoms with Crippen LogP contribution in [0.3, 0.4) is 0 Å². The molecule has 0 unspecified atom stereocenters. The number of hydrogen-bond donors (Lipinski definition) is 2. The standard InChI is InChI=1S/C13H21NO5S/c1-10(2)19-7-6-14-20(16,17)13-5-4-11(9-15)8-12(13)18-3/h4-5,8,10,14-15H,6-7,9H2,1-3H3. The molecule has 20 heavy (non-hydrogen) atoms. The Morgan fingerprint density at radius 1 is 1.35 bits per heavy atom. The van der Waals surface area contributed by atoms with E-state index in [1.807, 2.05) is 13.8 Å². The molecule has 0 aromatic heterocycles. The minimum absolute atomic E-state index is 0.0433. The van der Waals surface area contributed by atoms with Crippen molar-refractivity contribution in [2.45, 2.75) is 31.5 Å². The predicted molar refractivity (Wildman–Crippen MR) is 75.2 cm³/mol. The fraction of sp³-hybridized carbons (Fsp3) is 0.538. The maximum absolute atomic E-state index is 12.1. The zero-order valence-electron chi connectivity index (χ0n) is 11.9. The normalized spacial score (nSPS) is 11.8. The lowest BCUT2D eigenvalue weighted by atomic mass is 10.2. The number of nitrogens with one attached hydrogen (secondary N) is 1. The summed E-state index contributed by atoms with van der Waals surface area (Å²) in [6.45, 7) is 4.07. The summed E-state index contributed by atoms with van der Waals surface area (Å²) in [7, 11) is -2.28. The third-order valence-electron chi connectivity index (χ3n) is 2.55. The molecule has 6 nitrogen and oxygen atoms in total. The minimum atomic E-state index is -3.66. The number of sulfonamides is 1. The van der Waals surface area contributed by atoms with E-state index in [9.17, 15) is 8.42 Å². The van der Waals surface area contributed by atoms with Crippen LogP contribution < -0.4 is 9.46 Å². The lowest BCUT2D eigenvalue weighted by Crippen LogP contribution is -2.28. The molecule has 0 aliphatic rings. The molecule has 0 radical (unpaired) electrons. The number of rotatable bonds is 8. The van der Waals surface area contributed by atoms with Crippen molar-refractivity contribution in [1.29, 1.82) is 0 Å². The van der Waals surface area contributed by atoms with Crippen LogP contribution >= 0.6 is 0 Å². The van der Waals surface area contributed by atoms with E-state index < -0.39 is 10.0 Å². The topological polar surface area (TPSA) is 84.9 Å². The molecule has 0 saturated heterocycles. The molecule has 0 bridgehead atoms. The average molecular weight is 303 g/mol. The largest absolute Gasteiger partial charge is 0.495 e. The summed E-state index contributed by atoms with van der Waals surface area (Å²) < 4.78 is 37.1. The predicted octanol–water partition coefficient (Wildman–Crippen LogP) is 0.891. The molecule has 1 aromatic carbocycles. The Labute approximate surface area is 119 Å². The lowest BCUT2D eigenvalue weighted by Gasteiger charge is -2.12. The van der Waals surface area contributed by atoms with Gasteiger partial charge in [0.25, 0.3) is 0 Å². The van der Waals surface area contributed by atoms with Gasteiger partial charge in [-0.05, 0) is 31.5 Å². The van der Waals surface area contributed by atoms with Crippen molar-refractivity contribution in [2.24, 2.45) is 0 Å². The first-order valence-corrected chi connectivity index (χ1v) is 7.78. The molecule has 0 saturated carbocycles. The number of aliphatic hydroxyl groups excluding tert-OH is 1. The SMILES string of the molecule is COc1cc(CO)ccc1S(=O)(=O)NCCOC(C)C. The number of aliphatic hydroxyl groups is 1. The van der Waals surface area contributed by atoms with Crippen molar-refractivity contribution in [2.75, 3.05) is 20.3 Å². The van der Waals surface area contributed by atoms with Gasteiger partial charge in [-0.1, -0.05) is 6.07 Å². The molecule has 114 valence electrons. The highest BCUT2D eigenvalue weighted by molar-refractivity contribution is 7.89. The van der Waals surface area contributed by atoms with Gasteiger partial charge in [0.05, 0.1) is 26.4 Å². The maximum Gasteiger partial charge on any atom is 0.244 e. The number of benzene rings is 1. The average Bonchev–Trinajstić information content (AvgIpc) is 2.42. The Morgan fingerprint density at radius 2 is 2.05 bits per heavy atom. The zero-order chi connectivity index (χ0) is 15.2. The van der Waals surface area contributed by atoms with E-state index in [1.54, 1.807) is 6.07 Å². The van der Waals surface area contributed by atoms with E-state index in [4.69, 9.17) is 14.6 Å². The Bertz CT molecular complexity index is 528. The first kappa shape index (κ1) is 16.9. The van der Waals surface area contributed by atoms with Crippen LogP contribution in [0.2, 0.25) is 0 Å². The monoisotopic (exact) mass is 303 g/mol.